The van der Waals surface area contributed by atoms with Crippen molar-refractivity contribution >= 4 is 6.03 Å². The van der Waals surface area contributed by atoms with Crippen molar-refractivity contribution in [1.29, 1.82) is 0 Å². The number of rotatable bonds is 3. The van der Waals surface area contributed by atoms with Crippen molar-refractivity contribution in [3.63, 3.8) is 0 Å². The first-order chi connectivity index (χ1) is 6.70. The second-order valence-electron chi connectivity index (χ2n) is 3.24. The molecule has 0 fully saturated rings. The normalized spacial score (nSPS) is 9.57. The molecule has 0 saturated carbocycles. The first kappa shape index (κ1) is 10.5. The summed E-state index contributed by atoms with van der Waals surface area (Å²) in [4.78, 5) is 16.6. The van der Waals surface area contributed by atoms with Gasteiger partial charge in [-0.2, -0.15) is 0 Å². The van der Waals surface area contributed by atoms with Gasteiger partial charge in [0.2, 0.25) is 0 Å². The average molecular weight is 193 g/mol. The summed E-state index contributed by atoms with van der Waals surface area (Å²) >= 11 is 0. The largest absolute Gasteiger partial charge is 0.338 e. The molecule has 2 amide bonds. The Labute approximate surface area is 83.9 Å². The fourth-order valence-corrected chi connectivity index (χ4v) is 1.02. The van der Waals surface area contributed by atoms with E-state index in [1.54, 1.807) is 20.3 Å². The van der Waals surface area contributed by atoms with Crippen molar-refractivity contribution in [2.45, 2.75) is 6.42 Å². The Morgan fingerprint density at radius 2 is 2.36 bits per heavy atom. The molecule has 1 aromatic heterocycles. The lowest BCUT2D eigenvalue weighted by atomic mass is 10.2. The van der Waals surface area contributed by atoms with Gasteiger partial charge < -0.3 is 10.2 Å². The SMILES string of the molecule is CN(C)C(=O)NCCc1cccnc1. The third kappa shape index (κ3) is 3.43. The van der Waals surface area contributed by atoms with Crippen LogP contribution in [0.2, 0.25) is 0 Å². The van der Waals surface area contributed by atoms with Gasteiger partial charge in [-0.25, -0.2) is 4.79 Å². The third-order valence-corrected chi connectivity index (χ3v) is 1.82. The second kappa shape index (κ2) is 5.21. The number of carbonyl (C=O) groups excluding carboxylic acids is 1. The van der Waals surface area contributed by atoms with Crippen molar-refractivity contribution in [3.8, 4) is 0 Å². The molecule has 4 nitrogen and oxygen atoms in total. The third-order valence-electron chi connectivity index (χ3n) is 1.82. The van der Waals surface area contributed by atoms with Crippen LogP contribution in [0.1, 0.15) is 5.56 Å². The van der Waals surface area contributed by atoms with Crippen LogP contribution in [-0.2, 0) is 6.42 Å². The van der Waals surface area contributed by atoms with E-state index in [1.165, 1.54) is 4.90 Å². The van der Waals surface area contributed by atoms with Crippen LogP contribution in [0.5, 0.6) is 0 Å². The predicted octanol–water partition coefficient (Wildman–Crippen LogP) is 0.895. The number of pyridine rings is 1. The minimum atomic E-state index is -0.0612. The van der Waals surface area contributed by atoms with E-state index < -0.39 is 0 Å². The molecule has 1 rings (SSSR count). The van der Waals surface area contributed by atoms with E-state index in [2.05, 4.69) is 10.3 Å². The summed E-state index contributed by atoms with van der Waals surface area (Å²) in [5, 5.41) is 2.79. The molecule has 0 aromatic carbocycles. The predicted molar refractivity (Wildman–Crippen MR) is 55.0 cm³/mol. The molecule has 0 bridgehead atoms. The molecule has 1 aromatic rings. The lowest BCUT2D eigenvalue weighted by molar-refractivity contribution is 0.217. The number of hydrogen-bond donors (Lipinski definition) is 1. The van der Waals surface area contributed by atoms with E-state index in [-0.39, 0.29) is 6.03 Å². The summed E-state index contributed by atoms with van der Waals surface area (Å²) in [6.45, 7) is 0.642. The molecule has 1 N–H and O–H groups in total. The van der Waals surface area contributed by atoms with Crippen molar-refractivity contribution in [3.05, 3.63) is 30.1 Å². The minimum absolute atomic E-state index is 0.0612. The number of nitrogens with zero attached hydrogens (tertiary/aromatic N) is 2. The fourth-order valence-electron chi connectivity index (χ4n) is 1.02. The van der Waals surface area contributed by atoms with Crippen LogP contribution in [-0.4, -0.2) is 36.6 Å². The lowest BCUT2D eigenvalue weighted by Crippen LogP contribution is -2.35. The van der Waals surface area contributed by atoms with Crippen molar-refractivity contribution in [2.75, 3.05) is 20.6 Å². The van der Waals surface area contributed by atoms with Gasteiger partial charge in [0.1, 0.15) is 0 Å². The molecule has 0 radical (unpaired) electrons. The van der Waals surface area contributed by atoms with Gasteiger partial charge >= 0.3 is 6.03 Å². The molecule has 0 aliphatic rings. The van der Waals surface area contributed by atoms with Gasteiger partial charge in [0.15, 0.2) is 0 Å². The first-order valence-corrected chi connectivity index (χ1v) is 4.54. The molecule has 0 aliphatic carbocycles. The Kier molecular flexibility index (Phi) is 3.91. The lowest BCUT2D eigenvalue weighted by Gasteiger charge is -2.11. The Bertz CT molecular complexity index is 285. The average Bonchev–Trinajstić information content (AvgIpc) is 2.19. The molecule has 76 valence electrons. The van der Waals surface area contributed by atoms with Crippen LogP contribution >= 0.6 is 0 Å². The van der Waals surface area contributed by atoms with Gasteiger partial charge in [0.05, 0.1) is 0 Å². The summed E-state index contributed by atoms with van der Waals surface area (Å²) in [6.07, 6.45) is 4.36. The van der Waals surface area contributed by atoms with Gasteiger partial charge in [-0.1, -0.05) is 6.07 Å². The van der Waals surface area contributed by atoms with Crippen molar-refractivity contribution in [1.82, 2.24) is 15.2 Å². The number of nitrogens with one attached hydrogen (secondary N) is 1. The van der Waals surface area contributed by atoms with Gasteiger partial charge in [0, 0.05) is 33.0 Å². The highest BCUT2D eigenvalue weighted by molar-refractivity contribution is 5.73. The van der Waals surface area contributed by atoms with E-state index in [4.69, 9.17) is 0 Å². The van der Waals surface area contributed by atoms with Crippen LogP contribution in [0.4, 0.5) is 4.79 Å². The molecule has 0 spiro atoms. The molecule has 14 heavy (non-hydrogen) atoms. The Morgan fingerprint density at radius 3 is 2.93 bits per heavy atom. The fraction of sp³-hybridized carbons (Fsp3) is 0.400. The first-order valence-electron chi connectivity index (χ1n) is 4.54. The zero-order valence-electron chi connectivity index (χ0n) is 8.53. The Hall–Kier alpha value is -1.58. The van der Waals surface area contributed by atoms with E-state index in [0.717, 1.165) is 12.0 Å². The van der Waals surface area contributed by atoms with Crippen molar-refractivity contribution < 1.29 is 4.79 Å². The minimum Gasteiger partial charge on any atom is -0.338 e. The zero-order valence-corrected chi connectivity index (χ0v) is 8.53. The number of amides is 2. The van der Waals surface area contributed by atoms with Gasteiger partial charge in [-0.05, 0) is 18.1 Å². The van der Waals surface area contributed by atoms with E-state index in [0.29, 0.717) is 6.54 Å². The van der Waals surface area contributed by atoms with Gasteiger partial charge in [-0.15, -0.1) is 0 Å². The quantitative estimate of drug-likeness (QED) is 0.775. The maximum Gasteiger partial charge on any atom is 0.316 e. The molecule has 1 heterocycles. The summed E-state index contributed by atoms with van der Waals surface area (Å²) < 4.78 is 0. The number of aromatic nitrogens is 1. The zero-order chi connectivity index (χ0) is 10.4. The molecule has 0 saturated heterocycles. The summed E-state index contributed by atoms with van der Waals surface area (Å²) in [5.41, 5.74) is 1.13. The van der Waals surface area contributed by atoms with Gasteiger partial charge in [-0.3, -0.25) is 4.98 Å². The highest BCUT2D eigenvalue weighted by Crippen LogP contribution is 1.95. The van der Waals surface area contributed by atoms with Crippen LogP contribution in [0.15, 0.2) is 24.5 Å². The van der Waals surface area contributed by atoms with Crippen LogP contribution in [0, 0.1) is 0 Å². The second-order valence-corrected chi connectivity index (χ2v) is 3.24. The van der Waals surface area contributed by atoms with Gasteiger partial charge in [0.25, 0.3) is 0 Å². The van der Waals surface area contributed by atoms with Crippen molar-refractivity contribution in [2.24, 2.45) is 0 Å². The molecular formula is C10H15N3O. The maximum atomic E-state index is 11.1. The Morgan fingerprint density at radius 1 is 1.57 bits per heavy atom. The highest BCUT2D eigenvalue weighted by atomic mass is 16.2. The monoisotopic (exact) mass is 193 g/mol. The maximum absolute atomic E-state index is 11.1. The van der Waals surface area contributed by atoms with E-state index >= 15 is 0 Å². The van der Waals surface area contributed by atoms with E-state index in [1.807, 2.05) is 18.3 Å². The summed E-state index contributed by atoms with van der Waals surface area (Å²) in [5.74, 6) is 0. The molecule has 0 unspecified atom stereocenters. The standard InChI is InChI=1S/C10H15N3O/c1-13(2)10(14)12-7-5-9-4-3-6-11-8-9/h3-4,6,8H,5,7H2,1-2H3,(H,12,14). The summed E-state index contributed by atoms with van der Waals surface area (Å²) in [7, 11) is 3.44. The number of carbonyl (C=O) groups is 1. The molecule has 4 heteroatoms. The van der Waals surface area contributed by atoms with Crippen LogP contribution in [0.3, 0.4) is 0 Å². The molecule has 0 aliphatic heterocycles. The van der Waals surface area contributed by atoms with Crippen LogP contribution in [0.25, 0.3) is 0 Å². The Balaban J connectivity index is 2.26. The van der Waals surface area contributed by atoms with Crippen LogP contribution < -0.4 is 5.32 Å². The highest BCUT2D eigenvalue weighted by Gasteiger charge is 2.00. The smallest absolute Gasteiger partial charge is 0.316 e. The number of urea groups is 1. The van der Waals surface area contributed by atoms with E-state index in [9.17, 15) is 4.79 Å². The summed E-state index contributed by atoms with van der Waals surface area (Å²) in [6, 6.07) is 3.83. The number of hydrogen-bond acceptors (Lipinski definition) is 2. The molecular weight excluding hydrogens is 178 g/mol. The topological polar surface area (TPSA) is 45.2 Å². The molecule has 0 atom stereocenters.